The summed E-state index contributed by atoms with van der Waals surface area (Å²) in [4.78, 5) is 25.2. The van der Waals surface area contributed by atoms with Crippen molar-refractivity contribution >= 4 is 11.7 Å². The van der Waals surface area contributed by atoms with Gasteiger partial charge in [0.2, 0.25) is 5.91 Å². The maximum Gasteiger partial charge on any atom is 0.246 e. The summed E-state index contributed by atoms with van der Waals surface area (Å²) >= 11 is 0. The lowest BCUT2D eigenvalue weighted by atomic mass is 9.71. The molecule has 0 saturated carbocycles. The van der Waals surface area contributed by atoms with Gasteiger partial charge in [-0.15, -0.1) is 0 Å². The number of rotatable bonds is 10. The number of amides is 1. The number of nitrogens with one attached hydrogen (secondary N) is 2. The van der Waals surface area contributed by atoms with Crippen LogP contribution < -0.4 is 15.4 Å². The summed E-state index contributed by atoms with van der Waals surface area (Å²) < 4.78 is 10.3. The zero-order valence-electron chi connectivity index (χ0n) is 20.6. The minimum Gasteiger partial charge on any atom is -0.497 e. The molecule has 0 bridgehead atoms. The molecule has 8 nitrogen and oxygen atoms in total. The molecular formula is C27H33N3O5. The van der Waals surface area contributed by atoms with E-state index >= 15 is 0 Å². The van der Waals surface area contributed by atoms with Crippen LogP contribution >= 0.6 is 0 Å². The third kappa shape index (κ3) is 6.45. The fraction of sp³-hybridized carbons (Fsp3) is 0.444. The Hall–Kier alpha value is -3.25. The number of Topliss-reactive ketones (excluding diaryl/α,β-unsaturated/α-hetero) is 1. The molecule has 0 spiro atoms. The number of hydrogen-bond donors (Lipinski definition) is 3. The average molecular weight is 480 g/mol. The van der Waals surface area contributed by atoms with E-state index in [0.29, 0.717) is 29.7 Å². The van der Waals surface area contributed by atoms with Gasteiger partial charge in [0.15, 0.2) is 5.78 Å². The predicted molar refractivity (Wildman–Crippen MR) is 131 cm³/mol. The van der Waals surface area contributed by atoms with Crippen LogP contribution in [0, 0.1) is 16.7 Å². The van der Waals surface area contributed by atoms with Gasteiger partial charge in [0.1, 0.15) is 12.4 Å². The summed E-state index contributed by atoms with van der Waals surface area (Å²) in [6.45, 7) is 3.90. The van der Waals surface area contributed by atoms with Crippen LogP contribution in [0.3, 0.4) is 0 Å². The van der Waals surface area contributed by atoms with E-state index in [2.05, 4.69) is 16.7 Å². The Balaban J connectivity index is 1.79. The molecule has 186 valence electrons. The number of carbonyl (C=O) groups is 2. The van der Waals surface area contributed by atoms with Crippen LogP contribution in [0.1, 0.15) is 53.4 Å². The topological polar surface area (TPSA) is 121 Å². The quantitative estimate of drug-likeness (QED) is 0.479. The second-order valence-electron chi connectivity index (χ2n) is 9.52. The Bertz CT molecular complexity index is 1110. The molecule has 1 amide bonds. The molecule has 8 heteroatoms. The molecule has 3 N–H and O–H groups in total. The molecule has 1 aliphatic rings. The molecule has 0 aliphatic heterocycles. The first-order valence-corrected chi connectivity index (χ1v) is 11.6. The molecular weight excluding hydrogens is 446 g/mol. The number of nitrogens with zero attached hydrogens (tertiary/aromatic N) is 1. The second kappa shape index (κ2) is 11.5. The van der Waals surface area contributed by atoms with Crippen LogP contribution in [0.25, 0.3) is 0 Å². The highest BCUT2D eigenvalue weighted by atomic mass is 16.5. The number of methoxy groups -OCH3 is 2. The molecule has 35 heavy (non-hydrogen) atoms. The minimum atomic E-state index is -0.934. The van der Waals surface area contributed by atoms with E-state index in [1.54, 1.807) is 37.4 Å². The lowest BCUT2D eigenvalue weighted by molar-refractivity contribution is -0.126. The van der Waals surface area contributed by atoms with Crippen LogP contribution in [0.5, 0.6) is 5.75 Å². The van der Waals surface area contributed by atoms with Crippen molar-refractivity contribution in [3.63, 3.8) is 0 Å². The van der Waals surface area contributed by atoms with Crippen molar-refractivity contribution in [2.24, 2.45) is 5.41 Å². The summed E-state index contributed by atoms with van der Waals surface area (Å²) in [5.74, 6) is 0.397. The van der Waals surface area contributed by atoms with Gasteiger partial charge in [-0.1, -0.05) is 26.0 Å². The molecule has 0 fully saturated rings. The molecule has 2 aromatic carbocycles. The normalized spacial score (nSPS) is 18.2. The van der Waals surface area contributed by atoms with Gasteiger partial charge in [0.25, 0.3) is 0 Å². The van der Waals surface area contributed by atoms with E-state index in [0.717, 1.165) is 11.1 Å². The van der Waals surface area contributed by atoms with Gasteiger partial charge in [-0.3, -0.25) is 9.59 Å². The minimum absolute atomic E-state index is 0.0795. The maximum absolute atomic E-state index is 13.0. The van der Waals surface area contributed by atoms with Crippen LogP contribution in [0.15, 0.2) is 42.5 Å². The molecule has 0 aromatic heterocycles. The highest BCUT2D eigenvalue weighted by Crippen LogP contribution is 2.41. The standard InChI is InChI=1S/C27H33N3O5/c1-27(2)13-23(21-12-19(35-4)8-9-20(21)26(27)33)29-15-24(31)22(30-25(32)16-34-3)11-17-6-5-7-18(10-17)14-28/h5-10,12,22-24,29,31H,11,13,15-16H2,1-4H3,(H,30,32)/t22-,23+,24+/m0/s1. The molecule has 0 radical (unpaired) electrons. The fourth-order valence-electron chi connectivity index (χ4n) is 4.51. The Kier molecular flexibility index (Phi) is 8.62. The highest BCUT2D eigenvalue weighted by Gasteiger charge is 2.39. The van der Waals surface area contributed by atoms with E-state index in [9.17, 15) is 20.0 Å². The third-order valence-corrected chi connectivity index (χ3v) is 6.38. The van der Waals surface area contributed by atoms with Crippen LogP contribution in [-0.2, 0) is 16.0 Å². The first kappa shape index (κ1) is 26.4. The lowest BCUT2D eigenvalue weighted by Gasteiger charge is -2.37. The van der Waals surface area contributed by atoms with Crippen molar-refractivity contribution in [2.75, 3.05) is 27.4 Å². The number of ketones is 1. The summed E-state index contributed by atoms with van der Waals surface area (Å²) in [5.41, 5.74) is 2.26. The summed E-state index contributed by atoms with van der Waals surface area (Å²) in [5, 5.41) is 26.5. The van der Waals surface area contributed by atoms with Gasteiger partial charge in [-0.2, -0.15) is 5.26 Å². The Morgan fingerprint density at radius 2 is 2.03 bits per heavy atom. The Morgan fingerprint density at radius 1 is 1.26 bits per heavy atom. The highest BCUT2D eigenvalue weighted by molar-refractivity contribution is 6.02. The van der Waals surface area contributed by atoms with Crippen molar-refractivity contribution in [1.82, 2.24) is 10.6 Å². The molecule has 2 aromatic rings. The van der Waals surface area contributed by atoms with E-state index in [4.69, 9.17) is 9.47 Å². The number of fused-ring (bicyclic) bond motifs is 1. The van der Waals surface area contributed by atoms with Crippen LogP contribution in [-0.4, -0.2) is 56.3 Å². The van der Waals surface area contributed by atoms with Crippen molar-refractivity contribution in [3.8, 4) is 11.8 Å². The summed E-state index contributed by atoms with van der Waals surface area (Å²) in [6.07, 6.45) is -0.0346. The zero-order valence-corrected chi connectivity index (χ0v) is 20.6. The first-order chi connectivity index (χ1) is 16.7. The Labute approximate surface area is 206 Å². The number of aliphatic hydroxyl groups is 1. The molecule has 3 rings (SSSR count). The fourth-order valence-corrected chi connectivity index (χ4v) is 4.51. The largest absolute Gasteiger partial charge is 0.497 e. The number of ether oxygens (including phenoxy) is 2. The molecule has 3 atom stereocenters. The van der Waals surface area contributed by atoms with E-state index in [1.165, 1.54) is 7.11 Å². The van der Waals surface area contributed by atoms with Gasteiger partial charge < -0.3 is 25.2 Å². The van der Waals surface area contributed by atoms with E-state index in [1.807, 2.05) is 26.0 Å². The molecule has 1 aliphatic carbocycles. The number of carbonyl (C=O) groups excluding carboxylic acids is 2. The second-order valence-corrected chi connectivity index (χ2v) is 9.52. The van der Waals surface area contributed by atoms with Crippen LogP contribution in [0.4, 0.5) is 0 Å². The molecule has 0 heterocycles. The van der Waals surface area contributed by atoms with Crippen molar-refractivity contribution in [1.29, 1.82) is 5.26 Å². The van der Waals surface area contributed by atoms with E-state index in [-0.39, 0.29) is 30.9 Å². The third-order valence-electron chi connectivity index (χ3n) is 6.38. The average Bonchev–Trinajstić information content (AvgIpc) is 2.84. The lowest BCUT2D eigenvalue weighted by Crippen LogP contribution is -2.50. The Morgan fingerprint density at radius 3 is 2.71 bits per heavy atom. The van der Waals surface area contributed by atoms with Crippen LogP contribution in [0.2, 0.25) is 0 Å². The van der Waals surface area contributed by atoms with Gasteiger partial charge in [0, 0.05) is 30.7 Å². The van der Waals surface area contributed by atoms with Gasteiger partial charge in [0.05, 0.1) is 30.9 Å². The summed E-state index contributed by atoms with van der Waals surface area (Å²) in [6, 6.07) is 13.8. The van der Waals surface area contributed by atoms with Gasteiger partial charge in [-0.25, -0.2) is 0 Å². The number of hydrogen-bond acceptors (Lipinski definition) is 7. The SMILES string of the molecule is COCC(=O)N[C@@H](Cc1cccc(C#N)c1)[C@H](O)CN[C@@H]1CC(C)(C)C(=O)c2ccc(OC)cc21. The number of nitriles is 1. The monoisotopic (exact) mass is 479 g/mol. The zero-order chi connectivity index (χ0) is 25.6. The van der Waals surface area contributed by atoms with Crippen molar-refractivity contribution < 1.29 is 24.2 Å². The molecule has 0 unspecified atom stereocenters. The maximum atomic E-state index is 13.0. The number of benzene rings is 2. The number of aliphatic hydroxyl groups excluding tert-OH is 1. The smallest absolute Gasteiger partial charge is 0.246 e. The van der Waals surface area contributed by atoms with Gasteiger partial charge >= 0.3 is 0 Å². The predicted octanol–water partition coefficient (Wildman–Crippen LogP) is 2.54. The van der Waals surface area contributed by atoms with Gasteiger partial charge in [-0.05, 0) is 54.3 Å². The van der Waals surface area contributed by atoms with E-state index < -0.39 is 17.6 Å². The first-order valence-electron chi connectivity index (χ1n) is 11.6. The summed E-state index contributed by atoms with van der Waals surface area (Å²) in [7, 11) is 3.01. The molecule has 0 saturated heterocycles. The van der Waals surface area contributed by atoms with Crippen molar-refractivity contribution in [2.45, 2.75) is 44.9 Å². The van der Waals surface area contributed by atoms with Crippen molar-refractivity contribution in [3.05, 3.63) is 64.7 Å².